The molecule has 2 rings (SSSR count). The Kier molecular flexibility index (Phi) is 16.5. The van der Waals surface area contributed by atoms with E-state index in [-0.39, 0.29) is 30.1 Å². The van der Waals surface area contributed by atoms with Gasteiger partial charge in [0.1, 0.15) is 0 Å². The molecule has 1 unspecified atom stereocenters. The van der Waals surface area contributed by atoms with Crippen LogP contribution in [0, 0.1) is 11.8 Å². The highest BCUT2D eigenvalue weighted by Gasteiger charge is 2.59. The van der Waals surface area contributed by atoms with Gasteiger partial charge in [-0.15, -0.1) is 0 Å². The Morgan fingerprint density at radius 3 is 2.05 bits per heavy atom. The molecule has 0 radical (unpaired) electrons. The second-order valence-corrected chi connectivity index (χ2v) is 22.7. The molecule has 8 atom stereocenters. The number of hydrogen-bond donors (Lipinski definition) is 1. The molecule has 2 aliphatic rings. The minimum absolute atomic E-state index is 0.0771. The molecule has 0 bridgehead atoms. The molecule has 0 amide bonds. The first-order chi connectivity index (χ1) is 20.1. The number of aliphatic hydroxyl groups is 1. The second kappa shape index (κ2) is 18.2. The molecule has 1 aliphatic heterocycles. The SMILES string of the molecule is CCCCC[C@@H](/C=C/[C@@H]1[C@H]2C[C@@](OC)([C@@H](F)CCCC(C)O)O[C@H]2C[C@H]1O[Si](CC)(CC)CC)O[Si](CC)(CC)CC. The first-order valence-corrected chi connectivity index (χ1v) is 22.7. The second-order valence-electron chi connectivity index (χ2n) is 13.3. The molecule has 2 fully saturated rings. The van der Waals surface area contributed by atoms with Crippen LogP contribution < -0.4 is 0 Å². The van der Waals surface area contributed by atoms with Crippen LogP contribution in [0.5, 0.6) is 0 Å². The molecule has 1 aliphatic carbocycles. The zero-order valence-electron chi connectivity index (χ0n) is 28.8. The van der Waals surface area contributed by atoms with Crippen molar-refractivity contribution < 1.29 is 27.8 Å². The van der Waals surface area contributed by atoms with E-state index in [1.54, 1.807) is 14.0 Å². The topological polar surface area (TPSA) is 57.2 Å². The standard InChI is InChI=1S/C34H67FO5Si2/c1-10-17-18-21-28(39-41(11-2,12-3)13-4)23-24-29-30-26-34(37-9,33(35)22-19-20-27(8)36)38-31(30)25-32(29)40-42(14-5,15-6)16-7/h23-24,27-33,36H,10-22,25-26H2,1-9H3/b24-23+/t27?,28-,29+,30+,31-,32+,33-,34-/m0/s1. The highest BCUT2D eigenvalue weighted by Crippen LogP contribution is 2.52. The van der Waals surface area contributed by atoms with Gasteiger partial charge in [0.05, 0.1) is 24.4 Å². The third kappa shape index (κ3) is 9.70. The van der Waals surface area contributed by atoms with Crippen molar-refractivity contribution in [2.45, 2.75) is 186 Å². The molecule has 0 aromatic carbocycles. The van der Waals surface area contributed by atoms with E-state index in [0.29, 0.717) is 25.7 Å². The molecule has 42 heavy (non-hydrogen) atoms. The minimum Gasteiger partial charge on any atom is -0.413 e. The van der Waals surface area contributed by atoms with Gasteiger partial charge < -0.3 is 23.4 Å². The summed E-state index contributed by atoms with van der Waals surface area (Å²) < 4.78 is 42.4. The molecule has 0 aromatic heterocycles. The Morgan fingerprint density at radius 1 is 0.905 bits per heavy atom. The van der Waals surface area contributed by atoms with Crippen LogP contribution in [-0.2, 0) is 18.3 Å². The smallest absolute Gasteiger partial charge is 0.200 e. The van der Waals surface area contributed by atoms with Gasteiger partial charge in [0, 0.05) is 19.4 Å². The van der Waals surface area contributed by atoms with Crippen molar-refractivity contribution in [3.8, 4) is 0 Å². The predicted octanol–water partition coefficient (Wildman–Crippen LogP) is 9.56. The fourth-order valence-electron chi connectivity index (χ4n) is 7.47. The van der Waals surface area contributed by atoms with Crippen LogP contribution in [0.2, 0.25) is 36.3 Å². The normalized spacial score (nSPS) is 28.8. The number of unbranched alkanes of at least 4 members (excludes halogenated alkanes) is 2. The van der Waals surface area contributed by atoms with Crippen LogP contribution in [-0.4, -0.2) is 65.2 Å². The number of methoxy groups -OCH3 is 1. The van der Waals surface area contributed by atoms with Crippen molar-refractivity contribution in [3.63, 3.8) is 0 Å². The van der Waals surface area contributed by atoms with E-state index in [1.807, 2.05) is 0 Å². The fourth-order valence-corrected chi connectivity index (χ4v) is 13.2. The van der Waals surface area contributed by atoms with Gasteiger partial charge in [-0.1, -0.05) is 79.9 Å². The number of aliphatic hydroxyl groups excluding tert-OH is 1. The maximum Gasteiger partial charge on any atom is 0.200 e. The summed E-state index contributed by atoms with van der Waals surface area (Å²) >= 11 is 0. The van der Waals surface area contributed by atoms with Gasteiger partial charge in [-0.25, -0.2) is 4.39 Å². The molecule has 248 valence electrons. The van der Waals surface area contributed by atoms with Crippen LogP contribution in [0.1, 0.15) is 113 Å². The molecule has 8 heteroatoms. The van der Waals surface area contributed by atoms with E-state index in [4.69, 9.17) is 18.3 Å². The fraction of sp³-hybridized carbons (Fsp3) is 0.941. The molecule has 1 heterocycles. The highest BCUT2D eigenvalue weighted by molar-refractivity contribution is 6.74. The number of hydrogen-bond acceptors (Lipinski definition) is 5. The molecular formula is C34H67FO5Si2. The third-order valence-electron chi connectivity index (χ3n) is 10.9. The van der Waals surface area contributed by atoms with Gasteiger partial charge in [-0.3, -0.25) is 0 Å². The first kappa shape index (κ1) is 38.1. The zero-order chi connectivity index (χ0) is 31.4. The van der Waals surface area contributed by atoms with Crippen molar-refractivity contribution in [1.82, 2.24) is 0 Å². The number of rotatable bonds is 22. The van der Waals surface area contributed by atoms with Crippen LogP contribution in [0.25, 0.3) is 0 Å². The summed E-state index contributed by atoms with van der Waals surface area (Å²) in [6.45, 7) is 17.8. The summed E-state index contributed by atoms with van der Waals surface area (Å²) in [5, 5.41) is 9.68. The van der Waals surface area contributed by atoms with Gasteiger partial charge in [0.25, 0.3) is 0 Å². The van der Waals surface area contributed by atoms with E-state index in [2.05, 4.69) is 60.6 Å². The Morgan fingerprint density at radius 2 is 1.52 bits per heavy atom. The molecular weight excluding hydrogens is 564 g/mol. The molecule has 0 aromatic rings. The lowest BCUT2D eigenvalue weighted by Gasteiger charge is -2.37. The van der Waals surface area contributed by atoms with Gasteiger partial charge in [-0.2, -0.15) is 0 Å². The molecule has 0 spiro atoms. The summed E-state index contributed by atoms with van der Waals surface area (Å²) in [6.07, 6.45) is 10.8. The van der Waals surface area contributed by atoms with Crippen molar-refractivity contribution in [2.75, 3.05) is 7.11 Å². The van der Waals surface area contributed by atoms with E-state index in [1.165, 1.54) is 19.3 Å². The molecule has 1 saturated heterocycles. The Labute approximate surface area is 261 Å². The van der Waals surface area contributed by atoms with E-state index >= 15 is 4.39 Å². The highest BCUT2D eigenvalue weighted by atomic mass is 28.4. The van der Waals surface area contributed by atoms with Crippen LogP contribution >= 0.6 is 0 Å². The summed E-state index contributed by atoms with van der Waals surface area (Å²) in [5.74, 6) is -0.905. The lowest BCUT2D eigenvalue weighted by Crippen LogP contribution is -2.45. The van der Waals surface area contributed by atoms with Crippen LogP contribution in [0.3, 0.4) is 0 Å². The maximum absolute atomic E-state index is 15.8. The van der Waals surface area contributed by atoms with Crippen molar-refractivity contribution >= 4 is 16.6 Å². The summed E-state index contributed by atoms with van der Waals surface area (Å²) in [7, 11) is -2.03. The number of ether oxygens (including phenoxy) is 2. The zero-order valence-corrected chi connectivity index (χ0v) is 30.8. The lowest BCUT2D eigenvalue weighted by molar-refractivity contribution is -0.248. The average molecular weight is 631 g/mol. The molecule has 5 nitrogen and oxygen atoms in total. The quantitative estimate of drug-likeness (QED) is 0.0733. The lowest BCUT2D eigenvalue weighted by atomic mass is 9.87. The Bertz CT molecular complexity index is 759. The van der Waals surface area contributed by atoms with E-state index < -0.39 is 34.7 Å². The average Bonchev–Trinajstić information content (AvgIpc) is 3.52. The van der Waals surface area contributed by atoms with E-state index in [9.17, 15) is 5.11 Å². The van der Waals surface area contributed by atoms with Gasteiger partial charge in [0.15, 0.2) is 28.6 Å². The maximum atomic E-state index is 15.8. The Balaban J connectivity index is 2.37. The number of halogens is 1. The van der Waals surface area contributed by atoms with E-state index in [0.717, 1.165) is 49.1 Å². The van der Waals surface area contributed by atoms with Crippen molar-refractivity contribution in [2.24, 2.45) is 11.8 Å². The third-order valence-corrected chi connectivity index (χ3v) is 20.3. The summed E-state index contributed by atoms with van der Waals surface area (Å²) in [4.78, 5) is 0. The predicted molar refractivity (Wildman–Crippen MR) is 179 cm³/mol. The molecule has 1 N–H and O–H groups in total. The number of fused-ring (bicyclic) bond motifs is 1. The van der Waals surface area contributed by atoms with Gasteiger partial charge in [-0.05, 0) is 81.2 Å². The summed E-state index contributed by atoms with van der Waals surface area (Å²) in [5.41, 5.74) is 0. The van der Waals surface area contributed by atoms with Crippen LogP contribution in [0.4, 0.5) is 4.39 Å². The van der Waals surface area contributed by atoms with Crippen molar-refractivity contribution in [3.05, 3.63) is 12.2 Å². The van der Waals surface area contributed by atoms with Crippen molar-refractivity contribution in [1.29, 1.82) is 0 Å². The summed E-state index contributed by atoms with van der Waals surface area (Å²) in [6, 6.07) is 6.77. The van der Waals surface area contributed by atoms with Gasteiger partial charge in [0.2, 0.25) is 0 Å². The molecule has 1 saturated carbocycles. The van der Waals surface area contributed by atoms with Gasteiger partial charge >= 0.3 is 0 Å². The number of alkyl halides is 1. The first-order valence-electron chi connectivity index (χ1n) is 17.6. The minimum atomic E-state index is -1.85. The van der Waals surface area contributed by atoms with Crippen LogP contribution in [0.15, 0.2) is 12.2 Å². The largest absolute Gasteiger partial charge is 0.413 e. The monoisotopic (exact) mass is 630 g/mol. The Hall–Kier alpha value is -0.0962.